The highest BCUT2D eigenvalue weighted by atomic mass is 16.3. The second-order valence-electron chi connectivity index (χ2n) is 4.81. The first-order valence-electron chi connectivity index (χ1n) is 6.26. The third-order valence-corrected chi connectivity index (χ3v) is 2.99. The van der Waals surface area contributed by atoms with Gasteiger partial charge in [0.1, 0.15) is 0 Å². The van der Waals surface area contributed by atoms with Gasteiger partial charge >= 0.3 is 0 Å². The van der Waals surface area contributed by atoms with Crippen LogP contribution in [-0.4, -0.2) is 29.2 Å². The molecule has 100 valence electrons. The number of hydrogen-bond acceptors (Lipinski definition) is 3. The molecule has 1 amide bonds. The standard InChI is InChI=1S/C14H22N2O2/c1-4-14(3,18)10-15-11(2)13(17)16-12-8-6-5-7-9-12/h5-9,11,15,18H,4,10H2,1-3H3,(H,16,17). The fourth-order valence-corrected chi connectivity index (χ4v) is 1.36. The van der Waals surface area contributed by atoms with Crippen LogP contribution in [0, 0.1) is 0 Å². The lowest BCUT2D eigenvalue weighted by Gasteiger charge is -2.24. The molecule has 0 radical (unpaired) electrons. The van der Waals surface area contributed by atoms with Crippen molar-refractivity contribution in [3.05, 3.63) is 30.3 Å². The fourth-order valence-electron chi connectivity index (χ4n) is 1.36. The van der Waals surface area contributed by atoms with Crippen LogP contribution in [0.3, 0.4) is 0 Å². The Morgan fingerprint density at radius 1 is 1.39 bits per heavy atom. The van der Waals surface area contributed by atoms with Gasteiger partial charge in [0.2, 0.25) is 5.91 Å². The van der Waals surface area contributed by atoms with Gasteiger partial charge in [-0.25, -0.2) is 0 Å². The van der Waals surface area contributed by atoms with Crippen molar-refractivity contribution >= 4 is 11.6 Å². The van der Waals surface area contributed by atoms with E-state index in [4.69, 9.17) is 0 Å². The number of rotatable bonds is 6. The van der Waals surface area contributed by atoms with E-state index in [0.717, 1.165) is 5.69 Å². The molecule has 0 fully saturated rings. The van der Waals surface area contributed by atoms with Crippen molar-refractivity contribution in [3.8, 4) is 0 Å². The van der Waals surface area contributed by atoms with Crippen LogP contribution >= 0.6 is 0 Å². The Kier molecular flexibility index (Phi) is 5.31. The number of aliphatic hydroxyl groups is 1. The zero-order chi connectivity index (χ0) is 13.6. The molecule has 2 unspecified atom stereocenters. The first-order chi connectivity index (χ1) is 8.44. The predicted molar refractivity (Wildman–Crippen MR) is 73.5 cm³/mol. The summed E-state index contributed by atoms with van der Waals surface area (Å²) in [5.41, 5.74) is -0.000203. The minimum atomic E-state index is -0.777. The van der Waals surface area contributed by atoms with Gasteiger partial charge in [-0.1, -0.05) is 25.1 Å². The van der Waals surface area contributed by atoms with Crippen molar-refractivity contribution in [2.45, 2.75) is 38.8 Å². The van der Waals surface area contributed by atoms with Gasteiger partial charge in [-0.3, -0.25) is 4.79 Å². The molecule has 4 heteroatoms. The highest BCUT2D eigenvalue weighted by Crippen LogP contribution is 2.08. The van der Waals surface area contributed by atoms with Gasteiger partial charge in [0, 0.05) is 12.2 Å². The number of nitrogens with one attached hydrogen (secondary N) is 2. The highest BCUT2D eigenvalue weighted by molar-refractivity contribution is 5.94. The molecule has 0 saturated carbocycles. The van der Waals surface area contributed by atoms with Crippen molar-refractivity contribution in [3.63, 3.8) is 0 Å². The van der Waals surface area contributed by atoms with Crippen LogP contribution in [0.25, 0.3) is 0 Å². The molecular weight excluding hydrogens is 228 g/mol. The summed E-state index contributed by atoms with van der Waals surface area (Å²) in [6.45, 7) is 5.84. The second-order valence-corrected chi connectivity index (χ2v) is 4.81. The molecule has 4 nitrogen and oxygen atoms in total. The van der Waals surface area contributed by atoms with Crippen molar-refractivity contribution in [1.82, 2.24) is 5.32 Å². The van der Waals surface area contributed by atoms with E-state index in [1.165, 1.54) is 0 Å². The van der Waals surface area contributed by atoms with E-state index in [0.29, 0.717) is 13.0 Å². The van der Waals surface area contributed by atoms with Crippen LogP contribution < -0.4 is 10.6 Å². The minimum Gasteiger partial charge on any atom is -0.389 e. The number of anilines is 1. The zero-order valence-electron chi connectivity index (χ0n) is 11.2. The van der Waals surface area contributed by atoms with Crippen molar-refractivity contribution in [2.24, 2.45) is 0 Å². The number of carbonyl (C=O) groups excluding carboxylic acids is 1. The molecular formula is C14H22N2O2. The summed E-state index contributed by atoms with van der Waals surface area (Å²) < 4.78 is 0. The normalized spacial score (nSPS) is 15.8. The van der Waals surface area contributed by atoms with E-state index in [2.05, 4.69) is 10.6 Å². The molecule has 18 heavy (non-hydrogen) atoms. The molecule has 0 spiro atoms. The summed E-state index contributed by atoms with van der Waals surface area (Å²) in [7, 11) is 0. The first kappa shape index (κ1) is 14.7. The Morgan fingerprint density at radius 2 is 2.00 bits per heavy atom. The lowest BCUT2D eigenvalue weighted by Crippen LogP contribution is -2.45. The van der Waals surface area contributed by atoms with Crippen LogP contribution in [0.1, 0.15) is 27.2 Å². The molecule has 2 atom stereocenters. The van der Waals surface area contributed by atoms with Gasteiger partial charge in [0.25, 0.3) is 0 Å². The van der Waals surface area contributed by atoms with Crippen LogP contribution in [0.2, 0.25) is 0 Å². The van der Waals surface area contributed by atoms with Gasteiger partial charge in [-0.2, -0.15) is 0 Å². The summed E-state index contributed by atoms with van der Waals surface area (Å²) in [6, 6.07) is 8.98. The van der Waals surface area contributed by atoms with E-state index in [1.54, 1.807) is 13.8 Å². The van der Waals surface area contributed by atoms with Gasteiger partial charge in [0.05, 0.1) is 11.6 Å². The predicted octanol–water partition coefficient (Wildman–Crippen LogP) is 1.76. The lowest BCUT2D eigenvalue weighted by molar-refractivity contribution is -0.118. The van der Waals surface area contributed by atoms with Crippen LogP contribution in [0.15, 0.2) is 30.3 Å². The molecule has 0 saturated heterocycles. The molecule has 3 N–H and O–H groups in total. The van der Waals surface area contributed by atoms with Crippen LogP contribution in [0.4, 0.5) is 5.69 Å². The van der Waals surface area contributed by atoms with Gasteiger partial charge < -0.3 is 15.7 Å². The minimum absolute atomic E-state index is 0.104. The Bertz CT molecular complexity index is 377. The number of amides is 1. The maximum atomic E-state index is 11.9. The number of carbonyl (C=O) groups is 1. The molecule has 1 aromatic rings. The quantitative estimate of drug-likeness (QED) is 0.721. The Hall–Kier alpha value is -1.39. The molecule has 0 heterocycles. The summed E-state index contributed by atoms with van der Waals surface area (Å²) in [5, 5.41) is 15.7. The van der Waals surface area contributed by atoms with Crippen molar-refractivity contribution in [1.29, 1.82) is 0 Å². The maximum absolute atomic E-state index is 11.9. The number of hydrogen-bond donors (Lipinski definition) is 3. The number of para-hydroxylation sites is 1. The van der Waals surface area contributed by atoms with Crippen molar-refractivity contribution in [2.75, 3.05) is 11.9 Å². The number of benzene rings is 1. The molecule has 0 aromatic heterocycles. The topological polar surface area (TPSA) is 61.4 Å². The monoisotopic (exact) mass is 250 g/mol. The molecule has 0 aliphatic rings. The maximum Gasteiger partial charge on any atom is 0.241 e. The Balaban J connectivity index is 2.43. The lowest BCUT2D eigenvalue weighted by atomic mass is 10.0. The molecule has 0 aliphatic carbocycles. The SMILES string of the molecule is CCC(C)(O)CNC(C)C(=O)Nc1ccccc1. The summed E-state index contributed by atoms with van der Waals surface area (Å²) >= 11 is 0. The second kappa shape index (κ2) is 6.52. The van der Waals surface area contributed by atoms with E-state index < -0.39 is 5.60 Å². The highest BCUT2D eigenvalue weighted by Gasteiger charge is 2.20. The average molecular weight is 250 g/mol. The molecule has 1 aromatic carbocycles. The summed E-state index contributed by atoms with van der Waals surface area (Å²) in [4.78, 5) is 11.9. The van der Waals surface area contributed by atoms with Crippen LogP contribution in [0.5, 0.6) is 0 Å². The largest absolute Gasteiger partial charge is 0.389 e. The first-order valence-corrected chi connectivity index (χ1v) is 6.26. The van der Waals surface area contributed by atoms with Gasteiger partial charge in [-0.15, -0.1) is 0 Å². The average Bonchev–Trinajstić information content (AvgIpc) is 2.37. The zero-order valence-corrected chi connectivity index (χ0v) is 11.2. The van der Waals surface area contributed by atoms with Gasteiger partial charge in [-0.05, 0) is 32.4 Å². The molecule has 0 bridgehead atoms. The fraction of sp³-hybridized carbons (Fsp3) is 0.500. The van der Waals surface area contributed by atoms with E-state index in [1.807, 2.05) is 37.3 Å². The van der Waals surface area contributed by atoms with Crippen LogP contribution in [-0.2, 0) is 4.79 Å². The van der Waals surface area contributed by atoms with E-state index in [-0.39, 0.29) is 11.9 Å². The van der Waals surface area contributed by atoms with Gasteiger partial charge in [0.15, 0.2) is 0 Å². The Morgan fingerprint density at radius 3 is 2.56 bits per heavy atom. The van der Waals surface area contributed by atoms with E-state index in [9.17, 15) is 9.90 Å². The third kappa shape index (κ3) is 4.85. The Labute approximate surface area is 108 Å². The summed E-state index contributed by atoms with van der Waals surface area (Å²) in [6.07, 6.45) is 0.646. The molecule has 1 rings (SSSR count). The summed E-state index contributed by atoms with van der Waals surface area (Å²) in [5.74, 6) is -0.104. The third-order valence-electron chi connectivity index (χ3n) is 2.99. The smallest absolute Gasteiger partial charge is 0.241 e. The van der Waals surface area contributed by atoms with E-state index >= 15 is 0 Å². The molecule has 0 aliphatic heterocycles. The van der Waals surface area contributed by atoms with Crippen molar-refractivity contribution < 1.29 is 9.90 Å².